The van der Waals surface area contributed by atoms with Gasteiger partial charge in [-0.15, -0.1) is 0 Å². The molecule has 0 bridgehead atoms. The van der Waals surface area contributed by atoms with Gasteiger partial charge in [0, 0.05) is 16.5 Å². The molecule has 0 spiro atoms. The summed E-state index contributed by atoms with van der Waals surface area (Å²) in [5.74, 6) is -0.231. The van der Waals surface area contributed by atoms with Crippen LogP contribution in [-0.4, -0.2) is 21.8 Å². The third-order valence-electron chi connectivity index (χ3n) is 6.48. The first-order chi connectivity index (χ1) is 14.2. The highest BCUT2D eigenvalue weighted by atomic mass is 16.5. The summed E-state index contributed by atoms with van der Waals surface area (Å²) in [6.07, 6.45) is 0. The number of ether oxygens (including phenoxy) is 1. The molecule has 0 fully saturated rings. The molecule has 1 aliphatic heterocycles. The number of fused-ring (bicyclic) bond motifs is 4. The molecule has 0 amide bonds. The minimum absolute atomic E-state index is 0.216. The Labute approximate surface area is 174 Å². The molecule has 1 aliphatic rings. The van der Waals surface area contributed by atoms with Crippen molar-refractivity contribution in [2.75, 3.05) is 0 Å². The Morgan fingerprint density at radius 1 is 1.13 bits per heavy atom. The molecule has 0 saturated heterocycles. The lowest BCUT2D eigenvalue weighted by Gasteiger charge is -2.16. The molecular formula is C24H24N2O4. The smallest absolute Gasteiger partial charge is 0.293 e. The zero-order valence-electron chi connectivity index (χ0n) is 18.1. The maximum absolute atomic E-state index is 13.3. The van der Waals surface area contributed by atoms with Gasteiger partial charge in [0.2, 0.25) is 0 Å². The maximum Gasteiger partial charge on any atom is 0.293 e. The van der Waals surface area contributed by atoms with E-state index in [2.05, 4.69) is 33.8 Å². The largest absolute Gasteiger partial charge is 0.463 e. The molecule has 154 valence electrons. The van der Waals surface area contributed by atoms with Crippen molar-refractivity contribution in [1.29, 1.82) is 0 Å². The van der Waals surface area contributed by atoms with Crippen LogP contribution in [0.5, 0.6) is 0 Å². The van der Waals surface area contributed by atoms with Crippen molar-refractivity contribution in [2.45, 2.75) is 54.7 Å². The van der Waals surface area contributed by atoms with E-state index >= 15 is 0 Å². The first kappa shape index (κ1) is 20.0. The molecule has 0 saturated carbocycles. The Morgan fingerprint density at radius 2 is 1.83 bits per heavy atom. The van der Waals surface area contributed by atoms with Crippen molar-refractivity contribution in [2.24, 2.45) is 0 Å². The number of aryl methyl sites for hydroxylation is 3. The lowest BCUT2D eigenvalue weighted by molar-refractivity contribution is -0.129. The summed E-state index contributed by atoms with van der Waals surface area (Å²) in [7, 11) is 0. The van der Waals surface area contributed by atoms with Crippen LogP contribution in [0.15, 0.2) is 10.9 Å². The van der Waals surface area contributed by atoms with Crippen molar-refractivity contribution in [1.82, 2.24) is 9.55 Å². The minimum Gasteiger partial charge on any atom is -0.463 e. The Kier molecular flexibility index (Phi) is 4.60. The highest BCUT2D eigenvalue weighted by molar-refractivity contribution is 5.99. The normalized spacial score (nSPS) is 12.1. The number of hydrogen-bond donors (Lipinski definition) is 0. The fourth-order valence-corrected chi connectivity index (χ4v) is 4.79. The van der Waals surface area contributed by atoms with E-state index < -0.39 is 0 Å². The van der Waals surface area contributed by atoms with Crippen molar-refractivity contribution in [3.05, 3.63) is 60.9 Å². The molecule has 1 aromatic carbocycles. The lowest BCUT2D eigenvalue weighted by atomic mass is 9.92. The van der Waals surface area contributed by atoms with Crippen LogP contribution >= 0.6 is 0 Å². The highest BCUT2D eigenvalue weighted by Crippen LogP contribution is 2.39. The predicted molar refractivity (Wildman–Crippen MR) is 115 cm³/mol. The van der Waals surface area contributed by atoms with E-state index in [1.165, 1.54) is 23.6 Å². The zero-order valence-corrected chi connectivity index (χ0v) is 18.1. The van der Waals surface area contributed by atoms with Gasteiger partial charge in [0.15, 0.2) is 5.78 Å². The molecule has 0 atom stereocenters. The van der Waals surface area contributed by atoms with Gasteiger partial charge in [0.1, 0.15) is 6.61 Å². The van der Waals surface area contributed by atoms with E-state index in [-0.39, 0.29) is 30.0 Å². The topological polar surface area (TPSA) is 78.3 Å². The summed E-state index contributed by atoms with van der Waals surface area (Å²) in [4.78, 5) is 41.4. The Hall–Kier alpha value is -3.28. The summed E-state index contributed by atoms with van der Waals surface area (Å²) < 4.78 is 6.51. The summed E-state index contributed by atoms with van der Waals surface area (Å²) in [5.41, 5.74) is 8.94. The van der Waals surface area contributed by atoms with Crippen molar-refractivity contribution in [3.8, 4) is 11.4 Å². The van der Waals surface area contributed by atoms with Crippen LogP contribution in [-0.2, 0) is 22.7 Å². The fourth-order valence-electron chi connectivity index (χ4n) is 4.79. The van der Waals surface area contributed by atoms with Gasteiger partial charge in [0.05, 0.1) is 29.0 Å². The van der Waals surface area contributed by atoms with E-state index in [9.17, 15) is 14.4 Å². The number of pyridine rings is 2. The summed E-state index contributed by atoms with van der Waals surface area (Å²) in [6.45, 7) is 12.1. The van der Waals surface area contributed by atoms with Crippen LogP contribution in [0.1, 0.15) is 56.2 Å². The quantitative estimate of drug-likeness (QED) is 0.381. The van der Waals surface area contributed by atoms with E-state index in [0.29, 0.717) is 23.4 Å². The minimum atomic E-state index is -0.312. The molecule has 3 aromatic rings. The third-order valence-corrected chi connectivity index (χ3v) is 6.48. The number of aromatic nitrogens is 2. The summed E-state index contributed by atoms with van der Waals surface area (Å²) in [6, 6.07) is 2.08. The number of benzene rings is 1. The predicted octanol–water partition coefficient (Wildman–Crippen LogP) is 3.84. The van der Waals surface area contributed by atoms with Crippen molar-refractivity contribution in [3.63, 3.8) is 0 Å². The zero-order chi connectivity index (χ0) is 21.9. The highest BCUT2D eigenvalue weighted by Gasteiger charge is 2.31. The third kappa shape index (κ3) is 2.63. The van der Waals surface area contributed by atoms with Crippen LogP contribution in [0.4, 0.5) is 0 Å². The molecular weight excluding hydrogens is 380 g/mol. The van der Waals surface area contributed by atoms with E-state index in [0.717, 1.165) is 27.7 Å². The fraction of sp³-hybridized carbons (Fsp3) is 0.333. The first-order valence-electron chi connectivity index (χ1n) is 9.91. The van der Waals surface area contributed by atoms with Gasteiger partial charge in [-0.25, -0.2) is 4.98 Å². The van der Waals surface area contributed by atoms with E-state index in [1.54, 1.807) is 4.57 Å². The van der Waals surface area contributed by atoms with Gasteiger partial charge in [-0.2, -0.15) is 0 Å². The van der Waals surface area contributed by atoms with Crippen LogP contribution in [0.25, 0.3) is 22.3 Å². The second-order valence-electron chi connectivity index (χ2n) is 8.08. The number of hydrogen-bond acceptors (Lipinski definition) is 5. The number of carbonyl (C=O) groups is 2. The van der Waals surface area contributed by atoms with Gasteiger partial charge < -0.3 is 9.30 Å². The monoisotopic (exact) mass is 404 g/mol. The molecule has 0 radical (unpaired) electrons. The number of nitrogens with zero attached hydrogens (tertiary/aromatic N) is 2. The van der Waals surface area contributed by atoms with Gasteiger partial charge in [-0.3, -0.25) is 14.4 Å². The van der Waals surface area contributed by atoms with Gasteiger partial charge in [0.25, 0.3) is 12.0 Å². The van der Waals surface area contributed by atoms with Gasteiger partial charge in [-0.05, 0) is 75.4 Å². The number of ketones is 1. The molecule has 4 rings (SSSR count). The Bertz CT molecular complexity index is 1330. The number of Topliss-reactive ketones (excluding diaryl/α,β-unsaturated/α-hetero) is 1. The van der Waals surface area contributed by atoms with Gasteiger partial charge >= 0.3 is 0 Å². The molecule has 6 heteroatoms. The number of carbonyl (C=O) groups excluding carboxylic acids is 2. The van der Waals surface area contributed by atoms with E-state index in [4.69, 9.17) is 9.72 Å². The molecule has 0 N–H and O–H groups in total. The van der Waals surface area contributed by atoms with Crippen LogP contribution < -0.4 is 5.56 Å². The maximum atomic E-state index is 13.3. The second-order valence-corrected chi connectivity index (χ2v) is 8.08. The van der Waals surface area contributed by atoms with Crippen LogP contribution in [0, 0.1) is 34.6 Å². The molecule has 6 nitrogen and oxygen atoms in total. The standard InChI is InChI=1S/C24H24N2O4/c1-11-7-19-20(13(3)12(11)2)14(4)17-8-26-23(22(17)25-19)15(5)21(16(6)28)18(24(26)29)9-30-10-27/h7,10H,8-9H2,1-6H3. The molecule has 30 heavy (non-hydrogen) atoms. The SMILES string of the molecule is CC(=O)c1c(C)c2n(c(=O)c1COC=O)Cc1c-2nc2cc(C)c(C)c(C)c2c1C. The average Bonchev–Trinajstić information content (AvgIpc) is 3.07. The summed E-state index contributed by atoms with van der Waals surface area (Å²) in [5, 5.41) is 1.12. The number of rotatable bonds is 4. The summed E-state index contributed by atoms with van der Waals surface area (Å²) >= 11 is 0. The molecule has 3 heterocycles. The van der Waals surface area contributed by atoms with Crippen LogP contribution in [0.3, 0.4) is 0 Å². The van der Waals surface area contributed by atoms with Crippen molar-refractivity contribution >= 4 is 23.2 Å². The van der Waals surface area contributed by atoms with Crippen LogP contribution in [0.2, 0.25) is 0 Å². The molecule has 0 aliphatic carbocycles. The molecule has 2 aromatic heterocycles. The average molecular weight is 404 g/mol. The molecule has 0 unspecified atom stereocenters. The van der Waals surface area contributed by atoms with E-state index in [1.807, 2.05) is 6.92 Å². The second kappa shape index (κ2) is 6.90. The lowest BCUT2D eigenvalue weighted by Crippen LogP contribution is -2.28. The van der Waals surface area contributed by atoms with Gasteiger partial charge in [-0.1, -0.05) is 0 Å². The van der Waals surface area contributed by atoms with Crippen molar-refractivity contribution < 1.29 is 14.3 Å². The Balaban J connectivity index is 2.10. The first-order valence-corrected chi connectivity index (χ1v) is 9.91. The Morgan fingerprint density at radius 3 is 2.47 bits per heavy atom.